The molecule has 0 bridgehead atoms. The van der Waals surface area contributed by atoms with Crippen LogP contribution in [0.15, 0.2) is 58.4 Å². The van der Waals surface area contributed by atoms with Crippen LogP contribution in [-0.2, 0) is 13.6 Å². The Hall–Kier alpha value is -4.07. The summed E-state index contributed by atoms with van der Waals surface area (Å²) in [6, 6.07) is 15.2. The Bertz CT molecular complexity index is 1400. The highest BCUT2D eigenvalue weighted by molar-refractivity contribution is 6.05. The van der Waals surface area contributed by atoms with Crippen molar-refractivity contribution in [3.8, 4) is 0 Å². The quantitative estimate of drug-likeness (QED) is 0.391. The van der Waals surface area contributed by atoms with E-state index in [0.29, 0.717) is 17.3 Å². The number of hydrogen-bond acceptors (Lipinski definition) is 5. The van der Waals surface area contributed by atoms with Crippen LogP contribution in [0.2, 0.25) is 0 Å². The number of nitrogens with one attached hydrogen (secondary N) is 1. The summed E-state index contributed by atoms with van der Waals surface area (Å²) in [5.74, 6) is -0.490. The van der Waals surface area contributed by atoms with Crippen LogP contribution >= 0.6 is 0 Å². The Morgan fingerprint density at radius 2 is 1.72 bits per heavy atom. The molecule has 2 aromatic heterocycles. The summed E-state index contributed by atoms with van der Waals surface area (Å²) in [5.41, 5.74) is 7.39. The first-order valence-corrected chi connectivity index (χ1v) is 10.2. The molecule has 4 rings (SSSR count). The third kappa shape index (κ3) is 4.07. The molecule has 0 aliphatic rings. The highest BCUT2D eigenvalue weighted by Crippen LogP contribution is 2.15. The second-order valence-electron chi connectivity index (χ2n) is 7.75. The van der Waals surface area contributed by atoms with E-state index in [1.807, 2.05) is 18.5 Å². The number of aromatic nitrogens is 4. The number of amides is 1. The van der Waals surface area contributed by atoms with Crippen LogP contribution in [0.25, 0.3) is 10.8 Å². The van der Waals surface area contributed by atoms with E-state index in [2.05, 4.69) is 51.9 Å². The number of benzene rings is 2. The summed E-state index contributed by atoms with van der Waals surface area (Å²) in [5, 5.41) is 13.8. The number of rotatable bonds is 5. The van der Waals surface area contributed by atoms with Crippen molar-refractivity contribution in [2.75, 3.05) is 0 Å². The minimum absolute atomic E-state index is 0.142. The van der Waals surface area contributed by atoms with Crippen molar-refractivity contribution in [2.45, 2.75) is 27.3 Å². The van der Waals surface area contributed by atoms with Gasteiger partial charge in [-0.15, -0.1) is 0 Å². The second-order valence-corrected chi connectivity index (χ2v) is 7.75. The SMILES string of the molecule is Cc1ccc(Cn2nc(C)c(/C=N/NC(=O)c3nn(C)c(=O)c4ccccc34)c2C)cc1. The molecule has 2 aromatic carbocycles. The van der Waals surface area contributed by atoms with Crippen molar-refractivity contribution < 1.29 is 4.79 Å². The molecule has 0 saturated carbocycles. The number of aryl methyl sites for hydroxylation is 3. The fourth-order valence-corrected chi connectivity index (χ4v) is 3.59. The molecule has 162 valence electrons. The van der Waals surface area contributed by atoms with Gasteiger partial charge < -0.3 is 0 Å². The average Bonchev–Trinajstić information content (AvgIpc) is 3.05. The number of nitrogens with zero attached hydrogens (tertiary/aromatic N) is 5. The van der Waals surface area contributed by atoms with Crippen LogP contribution in [0, 0.1) is 20.8 Å². The molecular weight excluding hydrogens is 404 g/mol. The van der Waals surface area contributed by atoms with Crippen molar-refractivity contribution in [2.24, 2.45) is 12.1 Å². The highest BCUT2D eigenvalue weighted by atomic mass is 16.2. The average molecular weight is 428 g/mol. The van der Waals surface area contributed by atoms with E-state index in [-0.39, 0.29) is 11.3 Å². The number of carbonyl (C=O) groups is 1. The summed E-state index contributed by atoms with van der Waals surface area (Å²) < 4.78 is 3.08. The van der Waals surface area contributed by atoms with E-state index < -0.39 is 5.91 Å². The molecule has 8 heteroatoms. The predicted octanol–water partition coefficient (Wildman–Crippen LogP) is 2.87. The zero-order valence-corrected chi connectivity index (χ0v) is 18.5. The monoisotopic (exact) mass is 428 g/mol. The lowest BCUT2D eigenvalue weighted by molar-refractivity contribution is 0.0950. The molecule has 0 spiro atoms. The van der Waals surface area contributed by atoms with E-state index in [0.717, 1.165) is 27.2 Å². The maximum Gasteiger partial charge on any atom is 0.292 e. The molecule has 0 fully saturated rings. The summed E-state index contributed by atoms with van der Waals surface area (Å²) in [7, 11) is 1.52. The van der Waals surface area contributed by atoms with Gasteiger partial charge in [-0.2, -0.15) is 15.3 Å². The maximum absolute atomic E-state index is 12.7. The highest BCUT2D eigenvalue weighted by Gasteiger charge is 2.15. The standard InChI is InChI=1S/C24H24N6O2/c1-15-9-11-18(12-10-15)14-30-17(3)21(16(2)27-30)13-25-26-23(31)22-19-7-5-6-8-20(19)24(32)29(4)28-22/h5-13H,14H2,1-4H3,(H,26,31)/b25-13+. The second kappa shape index (κ2) is 8.58. The Kier molecular flexibility index (Phi) is 5.68. The minimum Gasteiger partial charge on any atom is -0.267 e. The Balaban J connectivity index is 1.55. The molecule has 2 heterocycles. The number of hydrazone groups is 1. The van der Waals surface area contributed by atoms with Gasteiger partial charge in [-0.05, 0) is 32.4 Å². The normalized spacial score (nSPS) is 11.4. The van der Waals surface area contributed by atoms with Gasteiger partial charge in [0.1, 0.15) is 0 Å². The summed E-state index contributed by atoms with van der Waals surface area (Å²) >= 11 is 0. The van der Waals surface area contributed by atoms with Gasteiger partial charge in [0.2, 0.25) is 0 Å². The lowest BCUT2D eigenvalue weighted by atomic mass is 10.1. The van der Waals surface area contributed by atoms with E-state index in [9.17, 15) is 9.59 Å². The minimum atomic E-state index is -0.490. The van der Waals surface area contributed by atoms with Gasteiger partial charge >= 0.3 is 0 Å². The lowest BCUT2D eigenvalue weighted by Gasteiger charge is -2.06. The van der Waals surface area contributed by atoms with Gasteiger partial charge in [0.15, 0.2) is 5.69 Å². The smallest absolute Gasteiger partial charge is 0.267 e. The fraction of sp³-hybridized carbons (Fsp3) is 0.208. The molecule has 0 saturated heterocycles. The van der Waals surface area contributed by atoms with Crippen molar-refractivity contribution in [3.63, 3.8) is 0 Å². The predicted molar refractivity (Wildman–Crippen MR) is 124 cm³/mol. The summed E-state index contributed by atoms with van der Waals surface area (Å²) in [6.45, 7) is 6.59. The molecular formula is C24H24N6O2. The molecule has 0 radical (unpaired) electrons. The zero-order valence-electron chi connectivity index (χ0n) is 18.5. The van der Waals surface area contributed by atoms with Crippen LogP contribution in [0.1, 0.15) is 38.6 Å². The van der Waals surface area contributed by atoms with Crippen molar-refractivity contribution in [1.29, 1.82) is 0 Å². The van der Waals surface area contributed by atoms with Crippen LogP contribution in [0.5, 0.6) is 0 Å². The molecule has 0 atom stereocenters. The number of fused-ring (bicyclic) bond motifs is 1. The molecule has 8 nitrogen and oxygen atoms in total. The molecule has 32 heavy (non-hydrogen) atoms. The van der Waals surface area contributed by atoms with Gasteiger partial charge in [-0.25, -0.2) is 10.1 Å². The van der Waals surface area contributed by atoms with Gasteiger partial charge in [-0.1, -0.05) is 48.0 Å². The Morgan fingerprint density at radius 3 is 2.44 bits per heavy atom. The number of hydrogen-bond donors (Lipinski definition) is 1. The molecule has 0 unspecified atom stereocenters. The van der Waals surface area contributed by atoms with E-state index in [4.69, 9.17) is 0 Å². The fourth-order valence-electron chi connectivity index (χ4n) is 3.59. The van der Waals surface area contributed by atoms with Crippen LogP contribution in [0.3, 0.4) is 0 Å². The van der Waals surface area contributed by atoms with Crippen LogP contribution in [-0.4, -0.2) is 31.7 Å². The van der Waals surface area contributed by atoms with E-state index >= 15 is 0 Å². The molecule has 0 aliphatic heterocycles. The zero-order chi connectivity index (χ0) is 22.8. The van der Waals surface area contributed by atoms with Gasteiger partial charge in [0, 0.05) is 23.7 Å². The van der Waals surface area contributed by atoms with Crippen LogP contribution < -0.4 is 11.0 Å². The number of carbonyl (C=O) groups excluding carboxylic acids is 1. The lowest BCUT2D eigenvalue weighted by Crippen LogP contribution is -2.27. The molecule has 1 amide bonds. The Morgan fingerprint density at radius 1 is 1.03 bits per heavy atom. The first-order chi connectivity index (χ1) is 15.3. The third-order valence-corrected chi connectivity index (χ3v) is 5.42. The van der Waals surface area contributed by atoms with Gasteiger partial charge in [0.25, 0.3) is 11.5 Å². The van der Waals surface area contributed by atoms with Crippen molar-refractivity contribution in [3.05, 3.63) is 92.7 Å². The third-order valence-electron chi connectivity index (χ3n) is 5.42. The summed E-state index contributed by atoms with van der Waals surface area (Å²) in [4.78, 5) is 25.0. The molecule has 4 aromatic rings. The molecule has 1 N–H and O–H groups in total. The van der Waals surface area contributed by atoms with E-state index in [1.165, 1.54) is 12.6 Å². The first kappa shape index (κ1) is 21.2. The first-order valence-electron chi connectivity index (χ1n) is 10.2. The topological polar surface area (TPSA) is 94.2 Å². The van der Waals surface area contributed by atoms with Gasteiger partial charge in [0.05, 0.1) is 23.8 Å². The maximum atomic E-state index is 12.7. The van der Waals surface area contributed by atoms with Crippen LogP contribution in [0.4, 0.5) is 0 Å². The summed E-state index contributed by atoms with van der Waals surface area (Å²) in [6.07, 6.45) is 1.59. The van der Waals surface area contributed by atoms with E-state index in [1.54, 1.807) is 30.5 Å². The Labute approximate surface area is 185 Å². The van der Waals surface area contributed by atoms with Crippen molar-refractivity contribution in [1.82, 2.24) is 25.0 Å². The van der Waals surface area contributed by atoms with Gasteiger partial charge in [-0.3, -0.25) is 14.3 Å². The largest absolute Gasteiger partial charge is 0.292 e. The van der Waals surface area contributed by atoms with Crippen molar-refractivity contribution >= 4 is 22.9 Å². The molecule has 0 aliphatic carbocycles.